The fourth-order valence-electron chi connectivity index (χ4n) is 2.42. The van der Waals surface area contributed by atoms with Gasteiger partial charge in [-0.05, 0) is 32.4 Å². The molecule has 116 valence electrons. The van der Waals surface area contributed by atoms with Crippen molar-refractivity contribution in [2.45, 2.75) is 32.4 Å². The Morgan fingerprint density at radius 3 is 2.48 bits per heavy atom. The lowest BCUT2D eigenvalue weighted by Crippen LogP contribution is -2.44. The van der Waals surface area contributed by atoms with Gasteiger partial charge in [0.25, 0.3) is 5.91 Å². The van der Waals surface area contributed by atoms with Gasteiger partial charge in [-0.25, -0.2) is 8.42 Å². The Labute approximate surface area is 125 Å². The molecule has 0 bridgehead atoms. The summed E-state index contributed by atoms with van der Waals surface area (Å²) in [5.74, 6) is 0.640. The fraction of sp³-hybridized carbons (Fsp3) is 0.533. The third-order valence-corrected chi connectivity index (χ3v) is 5.54. The van der Waals surface area contributed by atoms with Gasteiger partial charge < -0.3 is 9.64 Å². The minimum Gasteiger partial charge on any atom is -0.481 e. The molecule has 0 aliphatic carbocycles. The molecular weight excluding hydrogens is 290 g/mol. The number of hydrogen-bond donors (Lipinski definition) is 0. The zero-order chi connectivity index (χ0) is 15.6. The van der Waals surface area contributed by atoms with E-state index in [0.29, 0.717) is 12.2 Å². The van der Waals surface area contributed by atoms with Crippen molar-refractivity contribution in [3.8, 4) is 5.75 Å². The largest absolute Gasteiger partial charge is 0.481 e. The lowest BCUT2D eigenvalue weighted by atomic mass is 10.2. The van der Waals surface area contributed by atoms with Crippen molar-refractivity contribution in [1.29, 1.82) is 0 Å². The monoisotopic (exact) mass is 311 g/mol. The zero-order valence-corrected chi connectivity index (χ0v) is 13.4. The Bertz CT molecular complexity index is 609. The number of amides is 1. The van der Waals surface area contributed by atoms with E-state index in [9.17, 15) is 13.2 Å². The van der Waals surface area contributed by atoms with Crippen LogP contribution in [0.4, 0.5) is 0 Å². The van der Waals surface area contributed by atoms with Crippen LogP contribution in [0.1, 0.15) is 18.9 Å². The molecule has 1 aromatic carbocycles. The van der Waals surface area contributed by atoms with Gasteiger partial charge in [0.15, 0.2) is 15.9 Å². The molecule has 2 unspecified atom stereocenters. The van der Waals surface area contributed by atoms with Gasteiger partial charge >= 0.3 is 0 Å². The lowest BCUT2D eigenvalue weighted by molar-refractivity contribution is -0.138. The Hall–Kier alpha value is -1.56. The van der Waals surface area contributed by atoms with Crippen LogP contribution in [0.2, 0.25) is 0 Å². The minimum absolute atomic E-state index is 0.0481. The molecule has 1 amide bonds. The molecule has 5 nitrogen and oxygen atoms in total. The van der Waals surface area contributed by atoms with Crippen LogP contribution in [-0.2, 0) is 14.6 Å². The second kappa shape index (κ2) is 6.05. The van der Waals surface area contributed by atoms with Crippen LogP contribution in [0, 0.1) is 6.92 Å². The third kappa shape index (κ3) is 3.97. The van der Waals surface area contributed by atoms with E-state index in [1.807, 2.05) is 31.2 Å². The molecule has 2 rings (SSSR count). The van der Waals surface area contributed by atoms with Crippen LogP contribution in [0.25, 0.3) is 0 Å². The van der Waals surface area contributed by atoms with E-state index in [-0.39, 0.29) is 23.5 Å². The number of carbonyl (C=O) groups excluding carboxylic acids is 1. The molecule has 1 heterocycles. The summed E-state index contributed by atoms with van der Waals surface area (Å²) in [7, 11) is -1.36. The van der Waals surface area contributed by atoms with Crippen LogP contribution in [0.3, 0.4) is 0 Å². The summed E-state index contributed by atoms with van der Waals surface area (Å²) < 4.78 is 28.6. The highest BCUT2D eigenvalue weighted by atomic mass is 32.2. The number of nitrogens with zero attached hydrogens (tertiary/aromatic N) is 1. The molecule has 6 heteroatoms. The number of carbonyl (C=O) groups is 1. The Kier molecular flexibility index (Phi) is 4.56. The van der Waals surface area contributed by atoms with Gasteiger partial charge in [0.2, 0.25) is 0 Å². The first kappa shape index (κ1) is 15.8. The first-order valence-electron chi connectivity index (χ1n) is 6.99. The molecule has 0 aromatic heterocycles. The van der Waals surface area contributed by atoms with Crippen LogP contribution in [0.5, 0.6) is 5.75 Å². The van der Waals surface area contributed by atoms with E-state index < -0.39 is 15.9 Å². The van der Waals surface area contributed by atoms with E-state index in [2.05, 4.69) is 0 Å². The summed E-state index contributed by atoms with van der Waals surface area (Å²) >= 11 is 0. The van der Waals surface area contributed by atoms with Crippen molar-refractivity contribution in [1.82, 2.24) is 4.90 Å². The van der Waals surface area contributed by atoms with Crippen molar-refractivity contribution < 1.29 is 17.9 Å². The van der Waals surface area contributed by atoms with Crippen molar-refractivity contribution in [2.24, 2.45) is 0 Å². The van der Waals surface area contributed by atoms with Crippen LogP contribution < -0.4 is 4.74 Å². The van der Waals surface area contributed by atoms with Gasteiger partial charge in [-0.2, -0.15) is 0 Å². The van der Waals surface area contributed by atoms with E-state index in [1.54, 1.807) is 14.0 Å². The average Bonchev–Trinajstić information content (AvgIpc) is 2.80. The standard InChI is InChI=1S/C15H21NO4S/c1-11-4-6-14(7-5-11)20-12(2)15(17)16(3)13-8-9-21(18,19)10-13/h4-7,12-13H,8-10H2,1-3H3. The highest BCUT2D eigenvalue weighted by Gasteiger charge is 2.34. The van der Waals surface area contributed by atoms with E-state index in [4.69, 9.17) is 4.74 Å². The number of rotatable bonds is 4. The molecule has 0 spiro atoms. The molecule has 1 aliphatic heterocycles. The maximum absolute atomic E-state index is 12.3. The van der Waals surface area contributed by atoms with Gasteiger partial charge in [-0.15, -0.1) is 0 Å². The Morgan fingerprint density at radius 2 is 1.95 bits per heavy atom. The summed E-state index contributed by atoms with van der Waals surface area (Å²) in [4.78, 5) is 13.8. The van der Waals surface area contributed by atoms with Gasteiger partial charge in [-0.3, -0.25) is 4.79 Å². The summed E-state index contributed by atoms with van der Waals surface area (Å²) in [5.41, 5.74) is 1.12. The normalized spacial score (nSPS) is 21.8. The average molecular weight is 311 g/mol. The van der Waals surface area contributed by atoms with E-state index >= 15 is 0 Å². The highest BCUT2D eigenvalue weighted by Crippen LogP contribution is 2.19. The van der Waals surface area contributed by atoms with Gasteiger partial charge in [0.05, 0.1) is 11.5 Å². The van der Waals surface area contributed by atoms with Crippen LogP contribution in [0.15, 0.2) is 24.3 Å². The quantitative estimate of drug-likeness (QED) is 0.843. The molecule has 21 heavy (non-hydrogen) atoms. The number of benzene rings is 1. The number of likely N-dealkylation sites (N-methyl/N-ethyl adjacent to an activating group) is 1. The molecule has 0 N–H and O–H groups in total. The fourth-order valence-corrected chi connectivity index (χ4v) is 4.19. The van der Waals surface area contributed by atoms with Gasteiger partial charge in [0, 0.05) is 13.1 Å². The van der Waals surface area contributed by atoms with Crippen molar-refractivity contribution >= 4 is 15.7 Å². The molecule has 1 fully saturated rings. The first-order valence-corrected chi connectivity index (χ1v) is 8.81. The van der Waals surface area contributed by atoms with Gasteiger partial charge in [0.1, 0.15) is 5.75 Å². The predicted molar refractivity (Wildman–Crippen MR) is 81.1 cm³/mol. The molecule has 0 saturated carbocycles. The number of aryl methyl sites for hydroxylation is 1. The third-order valence-electron chi connectivity index (χ3n) is 3.79. The molecule has 1 aliphatic rings. The predicted octanol–water partition coefficient (Wildman–Crippen LogP) is 1.41. The van der Waals surface area contributed by atoms with E-state index in [1.165, 1.54) is 4.90 Å². The van der Waals surface area contributed by atoms with Crippen LogP contribution >= 0.6 is 0 Å². The first-order chi connectivity index (χ1) is 9.78. The summed E-state index contributed by atoms with van der Waals surface area (Å²) in [6.45, 7) is 3.66. The van der Waals surface area contributed by atoms with Crippen molar-refractivity contribution in [3.63, 3.8) is 0 Å². The lowest BCUT2D eigenvalue weighted by Gasteiger charge is -2.26. The zero-order valence-electron chi connectivity index (χ0n) is 12.6. The number of ether oxygens (including phenoxy) is 1. The topological polar surface area (TPSA) is 63.7 Å². The molecule has 1 saturated heterocycles. The highest BCUT2D eigenvalue weighted by molar-refractivity contribution is 7.91. The molecule has 1 aromatic rings. The maximum atomic E-state index is 12.3. The summed E-state index contributed by atoms with van der Waals surface area (Å²) in [6.07, 6.45) is -0.136. The Balaban J connectivity index is 1.97. The van der Waals surface area contributed by atoms with Crippen molar-refractivity contribution in [3.05, 3.63) is 29.8 Å². The SMILES string of the molecule is Cc1ccc(OC(C)C(=O)N(C)C2CCS(=O)(=O)C2)cc1. The maximum Gasteiger partial charge on any atom is 0.263 e. The number of sulfone groups is 1. The summed E-state index contributed by atoms with van der Waals surface area (Å²) in [5, 5.41) is 0. The van der Waals surface area contributed by atoms with Gasteiger partial charge in [-0.1, -0.05) is 17.7 Å². The second-order valence-corrected chi connectivity index (χ2v) is 7.81. The Morgan fingerprint density at radius 1 is 1.33 bits per heavy atom. The van der Waals surface area contributed by atoms with E-state index in [0.717, 1.165) is 5.56 Å². The molecule has 0 radical (unpaired) electrons. The molecular formula is C15H21NO4S. The second-order valence-electron chi connectivity index (χ2n) is 5.58. The number of hydrogen-bond acceptors (Lipinski definition) is 4. The molecule has 2 atom stereocenters. The smallest absolute Gasteiger partial charge is 0.263 e. The summed E-state index contributed by atoms with van der Waals surface area (Å²) in [6, 6.07) is 7.23. The van der Waals surface area contributed by atoms with Crippen LogP contribution in [-0.4, -0.2) is 49.9 Å². The minimum atomic E-state index is -3.00. The van der Waals surface area contributed by atoms with Crippen molar-refractivity contribution in [2.75, 3.05) is 18.6 Å².